The van der Waals surface area contributed by atoms with Gasteiger partial charge in [0.25, 0.3) is 0 Å². The van der Waals surface area contributed by atoms with Crippen molar-refractivity contribution in [3.8, 4) is 0 Å². The van der Waals surface area contributed by atoms with Crippen LogP contribution in [0.5, 0.6) is 0 Å². The normalized spacial score (nSPS) is 18.7. The highest BCUT2D eigenvalue weighted by molar-refractivity contribution is 7.58. The highest BCUT2D eigenvalue weighted by Gasteiger charge is 2.37. The molecule has 0 saturated carbocycles. The number of aryl methyl sites for hydroxylation is 4. The minimum absolute atomic E-state index is 0.114. The van der Waals surface area contributed by atoms with E-state index in [-0.39, 0.29) is 18.8 Å². The van der Waals surface area contributed by atoms with Gasteiger partial charge in [-0.3, -0.25) is 4.52 Å². The van der Waals surface area contributed by atoms with Crippen LogP contribution in [0.3, 0.4) is 0 Å². The van der Waals surface area contributed by atoms with E-state index in [1.165, 1.54) is 68.1 Å². The molecule has 5 aromatic rings. The van der Waals surface area contributed by atoms with Crippen molar-refractivity contribution < 1.29 is 12.9 Å². The maximum atomic E-state index is 7.01. The zero-order valence-corrected chi connectivity index (χ0v) is 31.8. The molecular formula is C42H52O3P2. The van der Waals surface area contributed by atoms with Gasteiger partial charge in [0.2, 0.25) is 0 Å². The third-order valence-electron chi connectivity index (χ3n) is 10.2. The lowest BCUT2D eigenvalue weighted by atomic mass is 9.81. The fourth-order valence-corrected chi connectivity index (χ4v) is 12.0. The Morgan fingerprint density at radius 1 is 0.638 bits per heavy atom. The SMILES string of the molecule is Cc1cc(C(C)(C)C)c2op(OCCP3C(c4ccccc4)CCC3c3ccccc3)oc3c(C(C)(C)C)cc(C)c(C)c3c2c1C. The van der Waals surface area contributed by atoms with E-state index in [0.717, 1.165) is 17.3 Å². The Morgan fingerprint density at radius 2 is 1.04 bits per heavy atom. The molecule has 0 spiro atoms. The van der Waals surface area contributed by atoms with E-state index in [1.807, 2.05) is 0 Å². The molecular weight excluding hydrogens is 614 g/mol. The molecule has 2 heterocycles. The molecule has 0 radical (unpaired) electrons. The molecule has 4 aromatic carbocycles. The molecule has 248 valence electrons. The predicted molar refractivity (Wildman–Crippen MR) is 204 cm³/mol. The van der Waals surface area contributed by atoms with Crippen molar-refractivity contribution in [3.05, 3.63) is 117 Å². The van der Waals surface area contributed by atoms with Gasteiger partial charge in [-0.15, -0.1) is 0 Å². The minimum atomic E-state index is -1.69. The van der Waals surface area contributed by atoms with E-state index in [0.29, 0.717) is 17.9 Å². The van der Waals surface area contributed by atoms with Crippen LogP contribution in [0.15, 0.2) is 81.2 Å². The van der Waals surface area contributed by atoms with Crippen LogP contribution in [0.25, 0.3) is 21.9 Å². The first kappa shape index (κ1) is 34.0. The third kappa shape index (κ3) is 6.74. The summed E-state index contributed by atoms with van der Waals surface area (Å²) in [6.07, 6.45) is 3.45. The largest absolute Gasteiger partial charge is 0.399 e. The van der Waals surface area contributed by atoms with Gasteiger partial charge in [-0.1, -0.05) is 122 Å². The van der Waals surface area contributed by atoms with Gasteiger partial charge in [-0.2, -0.15) is 0 Å². The zero-order valence-electron chi connectivity index (χ0n) is 30.0. The molecule has 1 aliphatic heterocycles. The van der Waals surface area contributed by atoms with Crippen molar-refractivity contribution in [3.63, 3.8) is 0 Å². The Bertz CT molecular complexity index is 1790. The molecule has 3 nitrogen and oxygen atoms in total. The lowest BCUT2D eigenvalue weighted by Gasteiger charge is -2.26. The Hall–Kier alpha value is -2.83. The summed E-state index contributed by atoms with van der Waals surface area (Å²) in [6, 6.07) is 26.9. The van der Waals surface area contributed by atoms with E-state index in [4.69, 9.17) is 12.9 Å². The Labute approximate surface area is 284 Å². The molecule has 2 atom stereocenters. The number of rotatable bonds is 6. The van der Waals surface area contributed by atoms with Gasteiger partial charge >= 0.3 is 8.24 Å². The first-order valence-corrected chi connectivity index (χ1v) is 20.0. The topological polar surface area (TPSA) is 35.5 Å². The van der Waals surface area contributed by atoms with Crippen LogP contribution in [0.1, 0.15) is 110 Å². The molecule has 2 unspecified atom stereocenters. The van der Waals surface area contributed by atoms with Gasteiger partial charge in [0.05, 0.1) is 6.61 Å². The van der Waals surface area contributed by atoms with Gasteiger partial charge < -0.3 is 8.39 Å². The first-order chi connectivity index (χ1) is 22.3. The smallest absolute Gasteiger partial charge is 0.387 e. The lowest BCUT2D eigenvalue weighted by Crippen LogP contribution is -2.13. The van der Waals surface area contributed by atoms with Crippen LogP contribution in [0.2, 0.25) is 0 Å². The molecule has 1 fully saturated rings. The maximum Gasteiger partial charge on any atom is 0.387 e. The molecule has 47 heavy (non-hydrogen) atoms. The molecule has 6 rings (SSSR count). The van der Waals surface area contributed by atoms with Crippen LogP contribution in [-0.4, -0.2) is 12.8 Å². The molecule has 1 aromatic heterocycles. The van der Waals surface area contributed by atoms with E-state index in [2.05, 4.69) is 142 Å². The molecule has 0 bridgehead atoms. The van der Waals surface area contributed by atoms with Gasteiger partial charge in [0.15, 0.2) is 0 Å². The fourth-order valence-electron chi connectivity index (χ4n) is 7.37. The lowest BCUT2D eigenvalue weighted by molar-refractivity contribution is 0.394. The van der Waals surface area contributed by atoms with Crippen molar-refractivity contribution in [2.75, 3.05) is 12.8 Å². The molecule has 0 amide bonds. The molecule has 0 aliphatic carbocycles. The molecule has 1 saturated heterocycles. The number of hydrogen-bond donors (Lipinski definition) is 0. The number of hydrogen-bond acceptors (Lipinski definition) is 3. The van der Waals surface area contributed by atoms with Crippen molar-refractivity contribution >= 4 is 38.1 Å². The summed E-state index contributed by atoms with van der Waals surface area (Å²) >= 11 is 0. The number of benzene rings is 4. The van der Waals surface area contributed by atoms with Crippen LogP contribution in [0, 0.1) is 27.7 Å². The van der Waals surface area contributed by atoms with E-state index in [9.17, 15) is 0 Å². The van der Waals surface area contributed by atoms with E-state index < -0.39 is 8.24 Å². The summed E-state index contributed by atoms with van der Waals surface area (Å²) in [5.41, 5.74) is 13.1. The molecule has 0 N–H and O–H groups in total. The molecule has 5 heteroatoms. The van der Waals surface area contributed by atoms with Crippen molar-refractivity contribution in [2.24, 2.45) is 0 Å². The standard InChI is InChI=1S/C42H52O3P2/c1-27-25-33(41(5,6)7)39-37(29(27)3)38-30(4)28(2)26-34(42(8,9)10)40(38)45-47(44-39)43-23-24-46-35(31-17-13-11-14-18-31)21-22-36(46)32-19-15-12-16-20-32/h11-20,25-26,35-36H,21-24H2,1-10H3. The van der Waals surface area contributed by atoms with E-state index in [1.54, 1.807) is 0 Å². The van der Waals surface area contributed by atoms with Gasteiger partial charge in [-0.25, -0.2) is 0 Å². The van der Waals surface area contributed by atoms with Crippen molar-refractivity contribution in [1.82, 2.24) is 0 Å². The Kier molecular flexibility index (Phi) is 9.59. The summed E-state index contributed by atoms with van der Waals surface area (Å²) < 4.78 is 20.8. The first-order valence-electron chi connectivity index (χ1n) is 17.2. The van der Waals surface area contributed by atoms with Crippen LogP contribution in [-0.2, 0) is 10.8 Å². The zero-order chi connectivity index (χ0) is 33.7. The summed E-state index contributed by atoms with van der Waals surface area (Å²) in [4.78, 5) is 0. The van der Waals surface area contributed by atoms with Crippen LogP contribution < -0.4 is 4.52 Å². The van der Waals surface area contributed by atoms with Gasteiger partial charge in [0, 0.05) is 33.2 Å². The van der Waals surface area contributed by atoms with Crippen LogP contribution >= 0.6 is 16.2 Å². The average molecular weight is 667 g/mol. The summed E-state index contributed by atoms with van der Waals surface area (Å²) in [7, 11) is -2.05. The molecule has 1 aliphatic rings. The summed E-state index contributed by atoms with van der Waals surface area (Å²) in [6.45, 7) is 23.2. The monoisotopic (exact) mass is 666 g/mol. The highest BCUT2D eigenvalue weighted by atomic mass is 31.1. The second-order valence-corrected chi connectivity index (χ2v) is 19.3. The third-order valence-corrected chi connectivity index (χ3v) is 14.7. The number of fused-ring (bicyclic) bond motifs is 3. The Balaban J connectivity index is 1.49. The van der Waals surface area contributed by atoms with Crippen molar-refractivity contribution in [2.45, 2.75) is 104 Å². The van der Waals surface area contributed by atoms with Crippen molar-refractivity contribution in [1.29, 1.82) is 0 Å². The maximum absolute atomic E-state index is 7.01. The minimum Gasteiger partial charge on any atom is -0.399 e. The quantitative estimate of drug-likeness (QED) is 0.169. The Morgan fingerprint density at radius 3 is 1.43 bits per heavy atom. The van der Waals surface area contributed by atoms with Gasteiger partial charge in [0.1, 0.15) is 11.2 Å². The highest BCUT2D eigenvalue weighted by Crippen LogP contribution is 2.70. The van der Waals surface area contributed by atoms with Crippen LogP contribution in [0.4, 0.5) is 0 Å². The second kappa shape index (κ2) is 13.2. The predicted octanol–water partition coefficient (Wildman–Crippen LogP) is 13.3. The van der Waals surface area contributed by atoms with E-state index >= 15 is 0 Å². The van der Waals surface area contributed by atoms with Gasteiger partial charge in [-0.05, 0) is 90.9 Å². The fraction of sp³-hybridized carbons (Fsp3) is 0.429. The summed E-state index contributed by atoms with van der Waals surface area (Å²) in [5, 5.41) is 2.33. The summed E-state index contributed by atoms with van der Waals surface area (Å²) in [5.74, 6) is 0. The average Bonchev–Trinajstić information content (AvgIpc) is 3.36. The second-order valence-electron chi connectivity index (χ2n) is 15.5.